The summed E-state index contributed by atoms with van der Waals surface area (Å²) in [4.78, 5) is 122. The van der Waals surface area contributed by atoms with Crippen LogP contribution in [0, 0.1) is 69.0 Å². The first-order valence-electron chi connectivity index (χ1n) is 35.8. The van der Waals surface area contributed by atoms with Gasteiger partial charge in [-0.1, -0.05) is 153 Å². The maximum Gasteiger partial charge on any atom is 0.333 e. The lowest BCUT2D eigenvalue weighted by molar-refractivity contribution is -0.151. The minimum absolute atomic E-state index is 0.0476. The Labute approximate surface area is 596 Å². The summed E-state index contributed by atoms with van der Waals surface area (Å²) < 4.78 is 32.2. The van der Waals surface area contributed by atoms with Crippen molar-refractivity contribution in [3.8, 4) is 0 Å². The molecule has 0 heterocycles. The van der Waals surface area contributed by atoms with Crippen molar-refractivity contribution in [3.05, 3.63) is 140 Å². The summed E-state index contributed by atoms with van der Waals surface area (Å²) in [5, 5.41) is 0. The van der Waals surface area contributed by atoms with Crippen LogP contribution in [0.5, 0.6) is 0 Å². The summed E-state index contributed by atoms with van der Waals surface area (Å²) in [6, 6.07) is 0. The molecule has 548 valence electrons. The van der Waals surface area contributed by atoms with Crippen LogP contribution in [0.25, 0.3) is 0 Å². The van der Waals surface area contributed by atoms with Gasteiger partial charge in [-0.25, -0.2) is 9.59 Å². The van der Waals surface area contributed by atoms with Gasteiger partial charge in [0.25, 0.3) is 0 Å². The van der Waals surface area contributed by atoms with Crippen LogP contribution in [0.2, 0.25) is 0 Å². The second-order valence-corrected chi connectivity index (χ2v) is 31.0. The van der Waals surface area contributed by atoms with Gasteiger partial charge >= 0.3 is 35.8 Å². The summed E-state index contributed by atoms with van der Waals surface area (Å²) in [6.45, 7) is 43.4. The van der Waals surface area contributed by atoms with Crippen molar-refractivity contribution in [2.75, 3.05) is 14.2 Å². The first-order valence-corrected chi connectivity index (χ1v) is 35.8. The molecule has 0 N–H and O–H groups in total. The van der Waals surface area contributed by atoms with Crippen LogP contribution < -0.4 is 0 Å². The van der Waals surface area contributed by atoms with Gasteiger partial charge in [0.1, 0.15) is 24.4 Å². The fourth-order valence-electron chi connectivity index (χ4n) is 14.6. The number of Topliss-reactive ketones (excluding diaryl/α,β-unsaturated/α-hetero) is 4. The number of allylic oxidation sites excluding steroid dienone is 18. The van der Waals surface area contributed by atoms with Crippen molar-refractivity contribution in [1.29, 1.82) is 0 Å². The maximum atomic E-state index is 12.7. The molecular formula is C84H116O16. The zero-order valence-electron chi connectivity index (χ0n) is 64.5. The molecule has 8 aliphatic rings. The maximum absolute atomic E-state index is 12.7. The molecule has 0 bridgehead atoms. The van der Waals surface area contributed by atoms with E-state index in [0.29, 0.717) is 49.7 Å². The summed E-state index contributed by atoms with van der Waals surface area (Å²) in [6.07, 6.45) is 27.4. The molecule has 0 aromatic rings. The third-order valence-electron chi connectivity index (χ3n) is 21.8. The molecule has 0 aromatic carbocycles. The van der Waals surface area contributed by atoms with Gasteiger partial charge in [0.2, 0.25) is 0 Å². The fourth-order valence-corrected chi connectivity index (χ4v) is 14.6. The fraction of sp³-hybridized carbons (Fsp3) is 0.595. The van der Waals surface area contributed by atoms with Crippen molar-refractivity contribution in [2.45, 2.75) is 241 Å². The predicted octanol–water partition coefficient (Wildman–Crippen LogP) is 16.7. The number of esters is 6. The molecule has 0 radical (unpaired) electrons. The molecule has 0 aliphatic heterocycles. The molecule has 0 aromatic heterocycles. The van der Waals surface area contributed by atoms with Gasteiger partial charge in [-0.15, -0.1) is 0 Å². The smallest absolute Gasteiger partial charge is 0.333 e. The first-order chi connectivity index (χ1) is 46.7. The van der Waals surface area contributed by atoms with Crippen molar-refractivity contribution in [3.63, 3.8) is 0 Å². The van der Waals surface area contributed by atoms with E-state index < -0.39 is 24.1 Å². The topological polar surface area (TPSA) is 226 Å². The van der Waals surface area contributed by atoms with Crippen LogP contribution in [0.4, 0.5) is 0 Å². The number of rotatable bonds is 24. The third-order valence-corrected chi connectivity index (χ3v) is 21.8. The quantitative estimate of drug-likeness (QED) is 0.0379. The molecule has 4 saturated carbocycles. The van der Waals surface area contributed by atoms with Gasteiger partial charge in [0.05, 0.1) is 63.6 Å². The van der Waals surface area contributed by atoms with Gasteiger partial charge in [0.15, 0.2) is 23.1 Å². The Bertz CT molecular complexity index is 3570. The van der Waals surface area contributed by atoms with E-state index in [1.165, 1.54) is 25.4 Å². The molecule has 0 spiro atoms. The van der Waals surface area contributed by atoms with Crippen LogP contribution >= 0.6 is 0 Å². The number of ether oxygens (including phenoxy) is 6. The number of carbonyl (C=O) groups excluding carboxylic acids is 10. The lowest BCUT2D eigenvalue weighted by atomic mass is 10.1. The highest BCUT2D eigenvalue weighted by atomic mass is 16.6. The Morgan fingerprint density at radius 3 is 0.790 bits per heavy atom. The van der Waals surface area contributed by atoms with Crippen LogP contribution in [0.1, 0.15) is 217 Å². The van der Waals surface area contributed by atoms with E-state index in [-0.39, 0.29) is 141 Å². The summed E-state index contributed by atoms with van der Waals surface area (Å²) >= 11 is 0. The molecule has 8 rings (SSSR count). The van der Waals surface area contributed by atoms with Crippen molar-refractivity contribution < 1.29 is 76.4 Å². The Morgan fingerprint density at radius 2 is 0.590 bits per heavy atom. The van der Waals surface area contributed by atoms with Gasteiger partial charge in [-0.3, -0.25) is 38.4 Å². The van der Waals surface area contributed by atoms with Gasteiger partial charge in [-0.2, -0.15) is 0 Å². The predicted molar refractivity (Wildman–Crippen MR) is 389 cm³/mol. The van der Waals surface area contributed by atoms with E-state index in [9.17, 15) is 47.9 Å². The minimum Gasteiger partial charge on any atom is -0.466 e. The number of ketones is 4. The number of carbonyl (C=O) groups is 10. The lowest BCUT2D eigenvalue weighted by Crippen LogP contribution is -2.20. The Morgan fingerprint density at radius 1 is 0.370 bits per heavy atom. The third kappa shape index (κ3) is 19.9. The minimum atomic E-state index is -0.474. The summed E-state index contributed by atoms with van der Waals surface area (Å²) in [5.74, 6) is -1.90. The molecule has 16 nitrogen and oxygen atoms in total. The molecule has 16 heteroatoms. The van der Waals surface area contributed by atoms with E-state index in [1.54, 1.807) is 26.0 Å². The molecular weight excluding hydrogens is 1260 g/mol. The Balaban J connectivity index is 0.000000241. The number of hydrogen-bond donors (Lipinski definition) is 0. The summed E-state index contributed by atoms with van der Waals surface area (Å²) in [7, 11) is 2.67. The standard InChI is InChI=1S/C22H30O5.C21H28O5.C21H30O3.C20H28O3/c1-7-8-9-10-15-14(3)18(12-17(15)23)27-21(25)19-16(22(19,4)5)11-13(2)20(24)26-6;1-7-8-9-14-13(3)17(11-16(14)22)26-20(24)18-15(21(18,4)5)10-12(2)19(23)25-6;1-7-8-9-10-15-14(4)18(12-17(15)22)24-20(23)19-16(11-13(2)3)21(19,5)6;1-7-8-9-14-13(4)17(11-16(14)21)23-19(22)18-15(10-12(2)3)20(18,5)6/h8-9,11,16,18-19H,7,10,12H2,1-6H3;7-8,10,15,17-18H,9,11H2,1-6H3;8-9,11,16,18-19H,7,10,12H2,1-6H3;7-8,10,15,17-18H,9,11H2,1-6H3/b9-8-,13-11+;8-7-,12-10+;9-8-;8-7-/t16-,18+,19+;15-,17+,18+;16-,18+,19+;15-,17+,18+/m1111/s1. The van der Waals surface area contributed by atoms with Crippen LogP contribution in [-0.4, -0.2) is 97.6 Å². The average molecular weight is 1380 g/mol. The van der Waals surface area contributed by atoms with Gasteiger partial charge < -0.3 is 28.4 Å². The van der Waals surface area contributed by atoms with E-state index in [4.69, 9.17) is 28.4 Å². The van der Waals surface area contributed by atoms with Crippen LogP contribution in [0.15, 0.2) is 140 Å². The Kier molecular flexibility index (Phi) is 28.9. The van der Waals surface area contributed by atoms with Gasteiger partial charge in [-0.05, 0) is 189 Å². The molecule has 4 fully saturated rings. The molecule has 8 aliphatic carbocycles. The first kappa shape index (κ1) is 83.0. The normalized spacial score (nSPS) is 28.1. The Hall–Kier alpha value is -7.62. The highest BCUT2D eigenvalue weighted by Gasteiger charge is 2.65. The second kappa shape index (κ2) is 34.8. The van der Waals surface area contributed by atoms with Crippen molar-refractivity contribution >= 4 is 58.9 Å². The zero-order valence-corrected chi connectivity index (χ0v) is 64.5. The highest BCUT2D eigenvalue weighted by Crippen LogP contribution is 2.63. The van der Waals surface area contributed by atoms with E-state index >= 15 is 0 Å². The number of methoxy groups -OCH3 is 2. The largest absolute Gasteiger partial charge is 0.466 e. The molecule has 12 atom stereocenters. The lowest BCUT2D eigenvalue weighted by Gasteiger charge is -2.13. The van der Waals surface area contributed by atoms with E-state index in [1.807, 2.05) is 133 Å². The second-order valence-electron chi connectivity index (χ2n) is 31.0. The van der Waals surface area contributed by atoms with E-state index in [0.717, 1.165) is 57.4 Å². The van der Waals surface area contributed by atoms with Crippen LogP contribution in [-0.2, 0) is 76.4 Å². The van der Waals surface area contributed by atoms with Crippen molar-refractivity contribution in [2.24, 2.45) is 69.0 Å². The highest BCUT2D eigenvalue weighted by molar-refractivity contribution is 6.02. The van der Waals surface area contributed by atoms with Gasteiger partial charge in [0, 0.05) is 33.4 Å². The summed E-state index contributed by atoms with van der Waals surface area (Å²) in [5.41, 5.74) is 9.41. The zero-order chi connectivity index (χ0) is 75.4. The van der Waals surface area contributed by atoms with E-state index in [2.05, 4.69) is 66.7 Å². The van der Waals surface area contributed by atoms with Crippen LogP contribution in [0.3, 0.4) is 0 Å². The SMILES string of the molecule is C/C=C\CC1=C(C)[C@@H](OC(=O)[C@@H]2[C@@H](/C=C(\C)C(=O)OC)C2(C)C)CC1=O.C/C=C\CC1=C(C)[C@@H](OC(=O)[C@@H]2[C@@H](C=C(C)C)C2(C)C)CC1=O.CC/C=C\CC1=C(C)[C@@H](OC(=O)[C@@H]2[C@@H](/C=C(\C)C(=O)OC)C2(C)C)CC1=O.CC/C=C\CC1=C(C)[C@@H](OC(=O)[C@@H]2[C@@H](C=C(C)C)C2(C)C)CC1=O. The molecule has 0 amide bonds. The monoisotopic (exact) mass is 1380 g/mol. The average Bonchev–Trinajstić information content (AvgIpc) is 1.59. The molecule has 0 saturated heterocycles. The molecule has 100 heavy (non-hydrogen) atoms. The number of hydrogen-bond acceptors (Lipinski definition) is 16. The molecule has 0 unspecified atom stereocenters. The van der Waals surface area contributed by atoms with Crippen molar-refractivity contribution in [1.82, 2.24) is 0 Å².